The van der Waals surface area contributed by atoms with Crippen LogP contribution in [0.25, 0.3) is 11.4 Å². The van der Waals surface area contributed by atoms with Crippen molar-refractivity contribution in [1.82, 2.24) is 19.9 Å². The van der Waals surface area contributed by atoms with Crippen molar-refractivity contribution in [1.29, 1.82) is 0 Å². The maximum Gasteiger partial charge on any atom is 0.137 e. The summed E-state index contributed by atoms with van der Waals surface area (Å²) < 4.78 is 0. The molecule has 0 radical (unpaired) electrons. The van der Waals surface area contributed by atoms with E-state index < -0.39 is 0 Å². The van der Waals surface area contributed by atoms with Gasteiger partial charge in [-0.3, -0.25) is 0 Å². The lowest BCUT2D eigenvalue weighted by Gasteiger charge is -1.92. The van der Waals surface area contributed by atoms with Crippen molar-refractivity contribution in [3.63, 3.8) is 0 Å². The van der Waals surface area contributed by atoms with E-state index >= 15 is 0 Å². The summed E-state index contributed by atoms with van der Waals surface area (Å²) in [6, 6.07) is 10.0. The summed E-state index contributed by atoms with van der Waals surface area (Å²) in [4.78, 5) is 13.6. The summed E-state index contributed by atoms with van der Waals surface area (Å²) in [5.74, 6) is 0.922. The molecule has 3 rings (SSSR count). The molecule has 2 heterocycles. The number of hydrogen-bond acceptors (Lipinski definition) is 2. The van der Waals surface area contributed by atoms with E-state index in [-0.39, 0.29) is 0 Å². The zero-order chi connectivity index (χ0) is 11.1. The minimum absolute atomic E-state index is 0.922. The average molecular weight is 212 g/mol. The minimum Gasteiger partial charge on any atom is -0.351 e. The number of H-pyrrole nitrogens is 2. The van der Waals surface area contributed by atoms with Crippen LogP contribution in [-0.2, 0) is 0 Å². The average Bonchev–Trinajstić information content (AvgIpc) is 3.07. The Morgan fingerprint density at radius 2 is 1.81 bits per heavy atom. The first-order valence-electron chi connectivity index (χ1n) is 4.94. The van der Waals surface area contributed by atoms with Gasteiger partial charge < -0.3 is 9.97 Å². The first-order valence-corrected chi connectivity index (χ1v) is 4.94. The van der Waals surface area contributed by atoms with Gasteiger partial charge >= 0.3 is 0 Å². The van der Waals surface area contributed by atoms with Gasteiger partial charge in [-0.25, -0.2) is 9.97 Å². The molecule has 2 N–H and O–H groups in total. The molecule has 0 atom stereocenters. The third-order valence-electron chi connectivity index (χ3n) is 1.95. The Morgan fingerprint density at radius 1 is 0.938 bits per heavy atom. The Labute approximate surface area is 93.4 Å². The first kappa shape index (κ1) is 10.2. The van der Waals surface area contributed by atoms with Gasteiger partial charge in [0.1, 0.15) is 5.82 Å². The molecule has 0 aliphatic heterocycles. The van der Waals surface area contributed by atoms with Crippen molar-refractivity contribution in [2.75, 3.05) is 0 Å². The molecule has 4 heteroatoms. The maximum atomic E-state index is 4.13. The van der Waals surface area contributed by atoms with Crippen LogP contribution in [0.4, 0.5) is 0 Å². The highest BCUT2D eigenvalue weighted by Gasteiger charge is 1.94. The smallest absolute Gasteiger partial charge is 0.137 e. The second kappa shape index (κ2) is 5.50. The Hall–Kier alpha value is -2.36. The van der Waals surface area contributed by atoms with Gasteiger partial charge in [0.15, 0.2) is 0 Å². The standard InChI is InChI=1S/C9H8N2.C3H4N2/c1-2-4-8(5-3-1)9-10-6-7-11-9;1-2-5-3-4-1/h1-7H,(H,10,11);1-3H,(H,4,5). The largest absolute Gasteiger partial charge is 0.351 e. The summed E-state index contributed by atoms with van der Waals surface area (Å²) in [5.41, 5.74) is 1.12. The second-order valence-corrected chi connectivity index (χ2v) is 3.06. The van der Waals surface area contributed by atoms with E-state index in [1.54, 1.807) is 24.9 Å². The molecule has 2 aromatic heterocycles. The van der Waals surface area contributed by atoms with Crippen LogP contribution < -0.4 is 0 Å². The topological polar surface area (TPSA) is 57.4 Å². The summed E-state index contributed by atoms with van der Waals surface area (Å²) >= 11 is 0. The number of rotatable bonds is 1. The van der Waals surface area contributed by atoms with E-state index in [0.29, 0.717) is 0 Å². The SMILES string of the molecule is c1c[nH]cn1.c1ccc(-c2ncc[nH]2)cc1. The third kappa shape index (κ3) is 2.81. The second-order valence-electron chi connectivity index (χ2n) is 3.06. The Morgan fingerprint density at radius 3 is 2.31 bits per heavy atom. The van der Waals surface area contributed by atoms with Gasteiger partial charge in [0, 0.05) is 30.4 Å². The molecule has 0 unspecified atom stereocenters. The fourth-order valence-corrected chi connectivity index (χ4v) is 1.23. The summed E-state index contributed by atoms with van der Waals surface area (Å²) in [5, 5.41) is 0. The van der Waals surface area contributed by atoms with Gasteiger partial charge in [-0.2, -0.15) is 0 Å². The van der Waals surface area contributed by atoms with Crippen molar-refractivity contribution in [2.24, 2.45) is 0 Å². The van der Waals surface area contributed by atoms with Crippen LogP contribution in [0.3, 0.4) is 0 Å². The zero-order valence-electron chi connectivity index (χ0n) is 8.67. The van der Waals surface area contributed by atoms with E-state index in [4.69, 9.17) is 0 Å². The number of imidazole rings is 2. The molecule has 1 aromatic carbocycles. The molecular weight excluding hydrogens is 200 g/mol. The number of aromatic nitrogens is 4. The molecule has 0 amide bonds. The van der Waals surface area contributed by atoms with Crippen LogP contribution in [0.5, 0.6) is 0 Å². The van der Waals surface area contributed by atoms with Crippen molar-refractivity contribution in [3.8, 4) is 11.4 Å². The molecule has 0 bridgehead atoms. The van der Waals surface area contributed by atoms with Crippen LogP contribution in [0, 0.1) is 0 Å². The van der Waals surface area contributed by atoms with Crippen LogP contribution >= 0.6 is 0 Å². The molecule has 0 spiro atoms. The molecule has 0 fully saturated rings. The van der Waals surface area contributed by atoms with E-state index in [0.717, 1.165) is 11.4 Å². The minimum atomic E-state index is 0.922. The maximum absolute atomic E-state index is 4.13. The third-order valence-corrected chi connectivity index (χ3v) is 1.95. The molecule has 4 nitrogen and oxygen atoms in total. The van der Waals surface area contributed by atoms with E-state index in [9.17, 15) is 0 Å². The Balaban J connectivity index is 0.000000162. The molecule has 0 aliphatic rings. The van der Waals surface area contributed by atoms with Gasteiger partial charge in [-0.05, 0) is 0 Å². The lowest BCUT2D eigenvalue weighted by Crippen LogP contribution is -1.77. The molecule has 0 saturated carbocycles. The molecule has 0 saturated heterocycles. The van der Waals surface area contributed by atoms with Crippen LogP contribution in [0.2, 0.25) is 0 Å². The van der Waals surface area contributed by atoms with E-state index in [1.807, 2.05) is 36.5 Å². The number of nitrogens with one attached hydrogen (secondary N) is 2. The van der Waals surface area contributed by atoms with E-state index in [2.05, 4.69) is 19.9 Å². The highest BCUT2D eigenvalue weighted by Crippen LogP contribution is 2.11. The summed E-state index contributed by atoms with van der Waals surface area (Å²) in [6.07, 6.45) is 8.66. The Kier molecular flexibility index (Phi) is 3.50. The lowest BCUT2D eigenvalue weighted by atomic mass is 10.2. The fourth-order valence-electron chi connectivity index (χ4n) is 1.23. The van der Waals surface area contributed by atoms with Crippen molar-refractivity contribution in [2.45, 2.75) is 0 Å². The molecular formula is C12H12N4. The highest BCUT2D eigenvalue weighted by molar-refractivity contribution is 5.53. The molecule has 0 aliphatic carbocycles. The molecule has 80 valence electrons. The monoisotopic (exact) mass is 212 g/mol. The summed E-state index contributed by atoms with van der Waals surface area (Å²) in [6.45, 7) is 0. The highest BCUT2D eigenvalue weighted by atomic mass is 14.9. The lowest BCUT2D eigenvalue weighted by molar-refractivity contribution is 1.31. The first-order chi connectivity index (χ1) is 7.97. The zero-order valence-corrected chi connectivity index (χ0v) is 8.67. The van der Waals surface area contributed by atoms with Gasteiger partial charge in [0.05, 0.1) is 6.33 Å². The number of benzene rings is 1. The molecule has 3 aromatic rings. The fraction of sp³-hybridized carbons (Fsp3) is 0. The van der Waals surface area contributed by atoms with Gasteiger partial charge in [0.25, 0.3) is 0 Å². The normalized spacial score (nSPS) is 9.25. The van der Waals surface area contributed by atoms with Crippen molar-refractivity contribution < 1.29 is 0 Å². The van der Waals surface area contributed by atoms with Crippen molar-refractivity contribution >= 4 is 0 Å². The number of aromatic amines is 2. The van der Waals surface area contributed by atoms with Crippen LogP contribution in [0.15, 0.2) is 61.4 Å². The summed E-state index contributed by atoms with van der Waals surface area (Å²) in [7, 11) is 0. The van der Waals surface area contributed by atoms with Crippen LogP contribution in [-0.4, -0.2) is 19.9 Å². The number of nitrogens with zero attached hydrogens (tertiary/aromatic N) is 2. The van der Waals surface area contributed by atoms with Gasteiger partial charge in [0.2, 0.25) is 0 Å². The number of hydrogen-bond donors (Lipinski definition) is 2. The predicted molar refractivity (Wildman–Crippen MR) is 62.6 cm³/mol. The van der Waals surface area contributed by atoms with Crippen LogP contribution in [0.1, 0.15) is 0 Å². The molecule has 16 heavy (non-hydrogen) atoms. The quantitative estimate of drug-likeness (QED) is 0.651. The Bertz CT molecular complexity index is 454. The van der Waals surface area contributed by atoms with Gasteiger partial charge in [-0.15, -0.1) is 0 Å². The predicted octanol–water partition coefficient (Wildman–Crippen LogP) is 2.49. The van der Waals surface area contributed by atoms with Crippen molar-refractivity contribution in [3.05, 3.63) is 61.4 Å². The van der Waals surface area contributed by atoms with Gasteiger partial charge in [-0.1, -0.05) is 30.3 Å². The van der Waals surface area contributed by atoms with E-state index in [1.165, 1.54) is 0 Å².